The smallest absolute Gasteiger partial charge is 0.0575 e. The van der Waals surface area contributed by atoms with Crippen LogP contribution in [-0.2, 0) is 4.74 Å². The van der Waals surface area contributed by atoms with Crippen LogP contribution in [0.4, 0.5) is 0 Å². The Morgan fingerprint density at radius 3 is 1.37 bits per heavy atom. The summed E-state index contributed by atoms with van der Waals surface area (Å²) in [5.41, 5.74) is 0. The molecule has 1 nitrogen and oxygen atoms in total. The predicted molar refractivity (Wildman–Crippen MR) is 133 cm³/mol. The second-order valence-corrected chi connectivity index (χ2v) is 11.0. The molecule has 0 aromatic heterocycles. The zero-order valence-corrected chi connectivity index (χ0v) is 21.0. The quantitative estimate of drug-likeness (QED) is 0.213. The van der Waals surface area contributed by atoms with Crippen LogP contribution in [0, 0.1) is 17.8 Å². The first-order valence-electron chi connectivity index (χ1n) is 14.4. The van der Waals surface area contributed by atoms with Gasteiger partial charge in [-0.25, -0.2) is 0 Å². The monoisotopic (exact) mass is 420 g/mol. The topological polar surface area (TPSA) is 9.23 Å². The summed E-state index contributed by atoms with van der Waals surface area (Å²) in [6, 6.07) is 0. The maximum absolute atomic E-state index is 6.41. The lowest BCUT2D eigenvalue weighted by atomic mass is 9.80. The molecule has 0 amide bonds. The number of hydrogen-bond donors (Lipinski definition) is 0. The van der Waals surface area contributed by atoms with Crippen molar-refractivity contribution in [2.75, 3.05) is 6.61 Å². The van der Waals surface area contributed by atoms with Gasteiger partial charge in [-0.2, -0.15) is 0 Å². The first-order chi connectivity index (χ1) is 14.8. The molecule has 2 saturated carbocycles. The average molecular weight is 421 g/mol. The fourth-order valence-corrected chi connectivity index (χ4v) is 5.97. The fourth-order valence-electron chi connectivity index (χ4n) is 5.97. The van der Waals surface area contributed by atoms with E-state index in [1.54, 1.807) is 0 Å². The molecule has 0 saturated heterocycles. The minimum Gasteiger partial charge on any atom is -0.378 e. The highest BCUT2D eigenvalue weighted by atomic mass is 16.5. The summed E-state index contributed by atoms with van der Waals surface area (Å²) in [5, 5.41) is 0. The highest BCUT2D eigenvalue weighted by Crippen LogP contribution is 2.34. The summed E-state index contributed by atoms with van der Waals surface area (Å²) >= 11 is 0. The van der Waals surface area contributed by atoms with Crippen molar-refractivity contribution in [2.45, 2.75) is 161 Å². The molecule has 1 heteroatoms. The Hall–Kier alpha value is -0.0400. The van der Waals surface area contributed by atoms with Crippen molar-refractivity contribution in [3.8, 4) is 0 Å². The van der Waals surface area contributed by atoms with E-state index in [4.69, 9.17) is 4.74 Å². The van der Waals surface area contributed by atoms with Crippen LogP contribution in [-0.4, -0.2) is 12.7 Å². The van der Waals surface area contributed by atoms with Crippen molar-refractivity contribution < 1.29 is 4.74 Å². The zero-order valence-electron chi connectivity index (χ0n) is 21.0. The standard InChI is InChI=1S/C29H56O/c1-3-5-7-9-10-12-14-15-26-17-19-28(20-18-26)25-30-29-23-21-27(22-24-29)16-13-11-8-6-4-2/h26-29H,3-25H2,1-2H3. The van der Waals surface area contributed by atoms with Crippen molar-refractivity contribution in [1.29, 1.82) is 0 Å². The normalized spacial score (nSPS) is 27.4. The Bertz CT molecular complexity index is 363. The van der Waals surface area contributed by atoms with Crippen LogP contribution in [0.5, 0.6) is 0 Å². The van der Waals surface area contributed by atoms with E-state index < -0.39 is 0 Å². The first kappa shape index (κ1) is 26.2. The highest BCUT2D eigenvalue weighted by Gasteiger charge is 2.25. The summed E-state index contributed by atoms with van der Waals surface area (Å²) in [6.45, 7) is 5.68. The van der Waals surface area contributed by atoms with Gasteiger partial charge in [0.25, 0.3) is 0 Å². The third-order valence-corrected chi connectivity index (χ3v) is 8.26. The Morgan fingerprint density at radius 2 is 0.867 bits per heavy atom. The van der Waals surface area contributed by atoms with Crippen LogP contribution in [0.3, 0.4) is 0 Å². The molecular weight excluding hydrogens is 364 g/mol. The Morgan fingerprint density at radius 1 is 0.467 bits per heavy atom. The molecule has 0 unspecified atom stereocenters. The summed E-state index contributed by atoms with van der Waals surface area (Å²) in [6.07, 6.45) is 32.3. The lowest BCUT2D eigenvalue weighted by molar-refractivity contribution is -0.0104. The van der Waals surface area contributed by atoms with Gasteiger partial charge in [-0.1, -0.05) is 117 Å². The summed E-state index contributed by atoms with van der Waals surface area (Å²) in [5.74, 6) is 2.91. The summed E-state index contributed by atoms with van der Waals surface area (Å²) < 4.78 is 6.41. The van der Waals surface area contributed by atoms with Gasteiger partial charge in [-0.3, -0.25) is 0 Å². The average Bonchev–Trinajstić information content (AvgIpc) is 2.78. The molecule has 0 heterocycles. The number of hydrogen-bond acceptors (Lipinski definition) is 1. The number of unbranched alkanes of at least 4 members (excludes halogenated alkanes) is 10. The zero-order chi connectivity index (χ0) is 21.3. The van der Waals surface area contributed by atoms with Gasteiger partial charge < -0.3 is 4.74 Å². The second-order valence-electron chi connectivity index (χ2n) is 11.0. The molecule has 2 rings (SSSR count). The molecular formula is C29H56O. The predicted octanol–water partition coefficient (Wildman–Crippen LogP) is 9.87. The molecule has 0 aliphatic heterocycles. The van der Waals surface area contributed by atoms with Gasteiger partial charge >= 0.3 is 0 Å². The van der Waals surface area contributed by atoms with E-state index in [0.29, 0.717) is 6.10 Å². The highest BCUT2D eigenvalue weighted by molar-refractivity contribution is 4.76. The maximum atomic E-state index is 6.41. The molecule has 0 radical (unpaired) electrons. The van der Waals surface area contributed by atoms with Crippen LogP contribution >= 0.6 is 0 Å². The Balaban J connectivity index is 1.41. The molecule has 0 N–H and O–H groups in total. The van der Waals surface area contributed by atoms with E-state index in [-0.39, 0.29) is 0 Å². The van der Waals surface area contributed by atoms with Crippen molar-refractivity contribution in [3.63, 3.8) is 0 Å². The lowest BCUT2D eigenvalue weighted by Gasteiger charge is -2.32. The van der Waals surface area contributed by atoms with E-state index in [2.05, 4.69) is 13.8 Å². The van der Waals surface area contributed by atoms with Crippen LogP contribution in [0.25, 0.3) is 0 Å². The SMILES string of the molecule is CCCCCCCCCC1CCC(COC2CCC(CCCCCCC)CC2)CC1. The van der Waals surface area contributed by atoms with E-state index in [1.165, 1.54) is 141 Å². The largest absolute Gasteiger partial charge is 0.378 e. The number of rotatable bonds is 17. The number of ether oxygens (including phenoxy) is 1. The first-order valence-corrected chi connectivity index (χ1v) is 14.4. The van der Waals surface area contributed by atoms with Gasteiger partial charge in [0.1, 0.15) is 0 Å². The van der Waals surface area contributed by atoms with Crippen molar-refractivity contribution in [1.82, 2.24) is 0 Å². The Kier molecular flexibility index (Phi) is 15.3. The van der Waals surface area contributed by atoms with Gasteiger partial charge in [-0.15, -0.1) is 0 Å². The molecule has 0 bridgehead atoms. The maximum Gasteiger partial charge on any atom is 0.0575 e. The van der Waals surface area contributed by atoms with Crippen LogP contribution in [0.2, 0.25) is 0 Å². The molecule has 2 fully saturated rings. The van der Waals surface area contributed by atoms with Crippen molar-refractivity contribution in [2.24, 2.45) is 17.8 Å². The van der Waals surface area contributed by atoms with Gasteiger partial charge in [-0.05, 0) is 56.3 Å². The van der Waals surface area contributed by atoms with Crippen LogP contribution in [0.1, 0.15) is 155 Å². The molecule has 0 atom stereocenters. The molecule has 178 valence electrons. The van der Waals surface area contributed by atoms with Crippen LogP contribution < -0.4 is 0 Å². The second kappa shape index (κ2) is 17.5. The third kappa shape index (κ3) is 12.1. The van der Waals surface area contributed by atoms with Gasteiger partial charge in [0.15, 0.2) is 0 Å². The van der Waals surface area contributed by atoms with Gasteiger partial charge in [0.2, 0.25) is 0 Å². The molecule has 2 aliphatic carbocycles. The van der Waals surface area contributed by atoms with Gasteiger partial charge in [0, 0.05) is 6.61 Å². The Labute approximate surface area is 190 Å². The van der Waals surface area contributed by atoms with E-state index in [1.807, 2.05) is 0 Å². The van der Waals surface area contributed by atoms with Crippen LogP contribution in [0.15, 0.2) is 0 Å². The molecule has 0 aromatic carbocycles. The molecule has 0 aromatic rings. The molecule has 30 heavy (non-hydrogen) atoms. The van der Waals surface area contributed by atoms with E-state index >= 15 is 0 Å². The van der Waals surface area contributed by atoms with E-state index in [9.17, 15) is 0 Å². The van der Waals surface area contributed by atoms with Gasteiger partial charge in [0.05, 0.1) is 6.10 Å². The summed E-state index contributed by atoms with van der Waals surface area (Å²) in [7, 11) is 0. The van der Waals surface area contributed by atoms with Crippen molar-refractivity contribution in [3.05, 3.63) is 0 Å². The minimum absolute atomic E-state index is 0.590. The lowest BCUT2D eigenvalue weighted by Crippen LogP contribution is -2.26. The van der Waals surface area contributed by atoms with E-state index in [0.717, 1.165) is 24.4 Å². The third-order valence-electron chi connectivity index (χ3n) is 8.26. The fraction of sp³-hybridized carbons (Fsp3) is 1.00. The molecule has 0 spiro atoms. The van der Waals surface area contributed by atoms with Crippen molar-refractivity contribution >= 4 is 0 Å². The molecule has 2 aliphatic rings. The minimum atomic E-state index is 0.590. The summed E-state index contributed by atoms with van der Waals surface area (Å²) in [4.78, 5) is 0.